The Bertz CT molecular complexity index is 482. The fourth-order valence-electron chi connectivity index (χ4n) is 1.68. The number of amides is 1. The minimum atomic E-state index is -0.0885. The minimum Gasteiger partial charge on any atom is -0.374 e. The van der Waals surface area contributed by atoms with Gasteiger partial charge in [0.05, 0.1) is 11.5 Å². The summed E-state index contributed by atoms with van der Waals surface area (Å²) < 4.78 is 0.766. The van der Waals surface area contributed by atoms with Gasteiger partial charge in [0.1, 0.15) is 6.07 Å². The van der Waals surface area contributed by atoms with Crippen LogP contribution < -0.4 is 10.2 Å². The summed E-state index contributed by atoms with van der Waals surface area (Å²) in [6, 6.07) is 7.62. The molecule has 1 rings (SSSR count). The molecule has 1 atom stereocenters. The average molecular weight is 310 g/mol. The molecule has 0 spiro atoms. The van der Waals surface area contributed by atoms with Gasteiger partial charge in [-0.1, -0.05) is 6.92 Å². The number of carbonyl (C=O) groups is 1. The molecule has 5 heteroatoms. The molecule has 0 aliphatic heterocycles. The molecule has 0 aliphatic rings. The Kier molecular flexibility index (Phi) is 5.17. The van der Waals surface area contributed by atoms with E-state index in [1.165, 1.54) is 0 Å². The molecule has 0 radical (unpaired) electrons. The number of benzene rings is 1. The lowest BCUT2D eigenvalue weighted by Gasteiger charge is -2.23. The molecule has 1 N–H and O–H groups in total. The zero-order valence-electron chi connectivity index (χ0n) is 10.7. The third-order valence-corrected chi connectivity index (χ3v) is 3.41. The van der Waals surface area contributed by atoms with E-state index in [0.717, 1.165) is 10.2 Å². The smallest absolute Gasteiger partial charge is 0.224 e. The van der Waals surface area contributed by atoms with Gasteiger partial charge < -0.3 is 10.2 Å². The normalized spacial score (nSPS) is 11.5. The Labute approximate surface area is 116 Å². The van der Waals surface area contributed by atoms with E-state index >= 15 is 0 Å². The van der Waals surface area contributed by atoms with Crippen molar-refractivity contribution in [2.45, 2.75) is 6.92 Å². The Morgan fingerprint density at radius 1 is 1.61 bits per heavy atom. The average Bonchev–Trinajstić information content (AvgIpc) is 2.37. The molecule has 1 aromatic rings. The van der Waals surface area contributed by atoms with Crippen LogP contribution in [0, 0.1) is 17.2 Å². The van der Waals surface area contributed by atoms with Crippen LogP contribution in [0.15, 0.2) is 22.7 Å². The minimum absolute atomic E-state index is 0.0227. The van der Waals surface area contributed by atoms with Gasteiger partial charge in [-0.3, -0.25) is 4.79 Å². The van der Waals surface area contributed by atoms with Gasteiger partial charge in [-0.15, -0.1) is 0 Å². The molecule has 1 amide bonds. The Hall–Kier alpha value is -1.54. The molecule has 0 aliphatic carbocycles. The van der Waals surface area contributed by atoms with Crippen molar-refractivity contribution in [1.29, 1.82) is 5.26 Å². The van der Waals surface area contributed by atoms with Crippen molar-refractivity contribution in [3.63, 3.8) is 0 Å². The van der Waals surface area contributed by atoms with Crippen LogP contribution in [0.1, 0.15) is 12.5 Å². The molecule has 0 heterocycles. The Balaban J connectivity index is 2.79. The first kappa shape index (κ1) is 14.5. The summed E-state index contributed by atoms with van der Waals surface area (Å²) >= 11 is 3.36. The van der Waals surface area contributed by atoms with Gasteiger partial charge in [-0.05, 0) is 34.1 Å². The maximum Gasteiger partial charge on any atom is 0.224 e. The van der Waals surface area contributed by atoms with Crippen LogP contribution in [0.25, 0.3) is 0 Å². The van der Waals surface area contributed by atoms with Crippen molar-refractivity contribution in [2.75, 3.05) is 25.5 Å². The van der Waals surface area contributed by atoms with Gasteiger partial charge in [0.2, 0.25) is 5.91 Å². The van der Waals surface area contributed by atoms with E-state index in [1.54, 1.807) is 13.1 Å². The van der Waals surface area contributed by atoms with E-state index in [-0.39, 0.29) is 11.8 Å². The number of hydrogen-bond acceptors (Lipinski definition) is 3. The van der Waals surface area contributed by atoms with Crippen LogP contribution in [-0.2, 0) is 4.79 Å². The fraction of sp³-hybridized carbons (Fsp3) is 0.385. The highest BCUT2D eigenvalue weighted by Gasteiger charge is 2.14. The maximum absolute atomic E-state index is 11.5. The molecule has 1 aromatic carbocycles. The van der Waals surface area contributed by atoms with E-state index in [4.69, 9.17) is 5.26 Å². The second kappa shape index (κ2) is 6.41. The zero-order valence-corrected chi connectivity index (χ0v) is 12.3. The topological polar surface area (TPSA) is 56.1 Å². The summed E-state index contributed by atoms with van der Waals surface area (Å²) in [6.07, 6.45) is 0. The lowest BCUT2D eigenvalue weighted by atomic mass is 10.1. The molecule has 0 aromatic heterocycles. The second-order valence-electron chi connectivity index (χ2n) is 4.17. The Morgan fingerprint density at radius 2 is 2.28 bits per heavy atom. The van der Waals surface area contributed by atoms with Gasteiger partial charge in [0, 0.05) is 30.8 Å². The lowest BCUT2D eigenvalue weighted by Crippen LogP contribution is -2.34. The highest BCUT2D eigenvalue weighted by atomic mass is 79.9. The number of anilines is 1. The van der Waals surface area contributed by atoms with Crippen LogP contribution in [0.3, 0.4) is 0 Å². The lowest BCUT2D eigenvalue weighted by molar-refractivity contribution is -0.123. The third kappa shape index (κ3) is 3.47. The van der Waals surface area contributed by atoms with Crippen molar-refractivity contribution in [3.8, 4) is 6.07 Å². The predicted molar refractivity (Wildman–Crippen MR) is 75.4 cm³/mol. The predicted octanol–water partition coefficient (Wildman–Crippen LogP) is 2.14. The van der Waals surface area contributed by atoms with Crippen molar-refractivity contribution in [3.05, 3.63) is 28.2 Å². The number of nitrogens with one attached hydrogen (secondary N) is 1. The van der Waals surface area contributed by atoms with Crippen molar-refractivity contribution < 1.29 is 4.79 Å². The van der Waals surface area contributed by atoms with Crippen LogP contribution in [0.2, 0.25) is 0 Å². The number of rotatable bonds is 4. The van der Waals surface area contributed by atoms with Crippen molar-refractivity contribution in [2.24, 2.45) is 5.92 Å². The van der Waals surface area contributed by atoms with Gasteiger partial charge in [0.25, 0.3) is 0 Å². The van der Waals surface area contributed by atoms with Crippen molar-refractivity contribution >= 4 is 27.5 Å². The molecule has 0 saturated heterocycles. The molecule has 96 valence electrons. The number of carbonyl (C=O) groups excluding carboxylic acids is 1. The van der Waals surface area contributed by atoms with Crippen LogP contribution in [0.4, 0.5) is 5.69 Å². The number of halogens is 1. The van der Waals surface area contributed by atoms with E-state index in [9.17, 15) is 4.79 Å². The maximum atomic E-state index is 11.5. The quantitative estimate of drug-likeness (QED) is 0.927. The largest absolute Gasteiger partial charge is 0.374 e. The second-order valence-corrected chi connectivity index (χ2v) is 5.03. The van der Waals surface area contributed by atoms with Gasteiger partial charge >= 0.3 is 0 Å². The molecular weight excluding hydrogens is 294 g/mol. The monoisotopic (exact) mass is 309 g/mol. The van der Waals surface area contributed by atoms with Crippen LogP contribution in [0.5, 0.6) is 0 Å². The fourth-order valence-corrected chi connectivity index (χ4v) is 2.13. The van der Waals surface area contributed by atoms with Gasteiger partial charge in [-0.25, -0.2) is 0 Å². The highest BCUT2D eigenvalue weighted by molar-refractivity contribution is 9.10. The zero-order chi connectivity index (χ0) is 13.7. The number of hydrogen-bond donors (Lipinski definition) is 1. The Morgan fingerprint density at radius 3 is 2.78 bits per heavy atom. The highest BCUT2D eigenvalue weighted by Crippen LogP contribution is 2.23. The van der Waals surface area contributed by atoms with E-state index < -0.39 is 0 Å². The van der Waals surface area contributed by atoms with Crippen LogP contribution in [-0.4, -0.2) is 26.5 Å². The summed E-state index contributed by atoms with van der Waals surface area (Å²) in [5.74, 6) is -0.0658. The summed E-state index contributed by atoms with van der Waals surface area (Å²) in [7, 11) is 3.56. The van der Waals surface area contributed by atoms with Crippen LogP contribution >= 0.6 is 15.9 Å². The first-order valence-electron chi connectivity index (χ1n) is 5.62. The number of nitrogens with zero attached hydrogens (tertiary/aromatic N) is 2. The SMILES string of the molecule is CNC(=O)C(C)CN(C)c1ccc(C#N)c(Br)c1. The molecule has 0 bridgehead atoms. The summed E-state index contributed by atoms with van der Waals surface area (Å²) in [5, 5.41) is 11.5. The van der Waals surface area contributed by atoms with E-state index in [1.807, 2.05) is 31.0 Å². The third-order valence-electron chi connectivity index (χ3n) is 2.76. The summed E-state index contributed by atoms with van der Waals surface area (Å²) in [6.45, 7) is 2.51. The molecule has 4 nitrogen and oxygen atoms in total. The molecule has 0 fully saturated rings. The molecule has 1 unspecified atom stereocenters. The molecule has 0 saturated carbocycles. The first-order chi connectivity index (χ1) is 8.49. The standard InChI is InChI=1S/C13H16BrN3O/c1-9(13(18)16-2)8-17(3)11-5-4-10(7-15)12(14)6-11/h4-6,9H,8H2,1-3H3,(H,16,18). The van der Waals surface area contributed by atoms with E-state index in [2.05, 4.69) is 27.3 Å². The summed E-state index contributed by atoms with van der Waals surface area (Å²) in [5.41, 5.74) is 1.57. The van der Waals surface area contributed by atoms with E-state index in [0.29, 0.717) is 12.1 Å². The summed E-state index contributed by atoms with van der Waals surface area (Å²) in [4.78, 5) is 13.4. The number of nitriles is 1. The van der Waals surface area contributed by atoms with Gasteiger partial charge in [-0.2, -0.15) is 5.26 Å². The van der Waals surface area contributed by atoms with Gasteiger partial charge in [0.15, 0.2) is 0 Å². The molecular formula is C13H16BrN3O. The first-order valence-corrected chi connectivity index (χ1v) is 6.41. The van der Waals surface area contributed by atoms with Crippen molar-refractivity contribution in [1.82, 2.24) is 5.32 Å². The molecule has 18 heavy (non-hydrogen) atoms.